The fourth-order valence-corrected chi connectivity index (χ4v) is 5.67. The Bertz CT molecular complexity index is 1960. The van der Waals surface area contributed by atoms with Gasteiger partial charge < -0.3 is 20.3 Å². The van der Waals surface area contributed by atoms with Crippen molar-refractivity contribution in [2.24, 2.45) is 5.92 Å². The Labute approximate surface area is 281 Å². The minimum Gasteiger partial charge on any atom is -0.454 e. The molecule has 13 nitrogen and oxygen atoms in total. The second-order valence-electron chi connectivity index (χ2n) is 11.1. The molecule has 1 saturated heterocycles. The molecule has 1 unspecified atom stereocenters. The van der Waals surface area contributed by atoms with Crippen LogP contribution >= 0.6 is 11.6 Å². The van der Waals surface area contributed by atoms with Crippen LogP contribution in [-0.2, 0) is 19.6 Å². The number of ether oxygens (including phenoxy) is 1. The molecule has 250 valence electrons. The molecule has 0 saturated carbocycles. The normalized spacial score (nSPS) is 15.2. The molecule has 0 radical (unpaired) electrons. The van der Waals surface area contributed by atoms with Crippen molar-refractivity contribution >= 4 is 62.5 Å². The van der Waals surface area contributed by atoms with E-state index >= 15 is 4.39 Å². The fraction of sp³-hybridized carbons (Fsp3) is 0.219. The predicted octanol–water partition coefficient (Wildman–Crippen LogP) is 5.49. The zero-order valence-corrected chi connectivity index (χ0v) is 27.8. The smallest absolute Gasteiger partial charge is 0.331 e. The van der Waals surface area contributed by atoms with Crippen molar-refractivity contribution in [1.82, 2.24) is 19.2 Å². The maximum Gasteiger partial charge on any atom is 0.331 e. The van der Waals surface area contributed by atoms with Crippen LogP contribution in [0, 0.1) is 11.7 Å². The Morgan fingerprint density at radius 3 is 2.38 bits per heavy atom. The maximum absolute atomic E-state index is 15.2. The molecule has 0 aliphatic carbocycles. The number of benzene rings is 2. The number of hydrogen-bond acceptors (Lipinski definition) is 9. The Morgan fingerprint density at radius 1 is 1.02 bits per heavy atom. The van der Waals surface area contributed by atoms with Crippen molar-refractivity contribution in [1.29, 1.82) is 0 Å². The molecule has 16 heteroatoms. The van der Waals surface area contributed by atoms with Gasteiger partial charge in [-0.25, -0.2) is 36.8 Å². The van der Waals surface area contributed by atoms with Crippen molar-refractivity contribution in [3.8, 4) is 11.5 Å². The van der Waals surface area contributed by atoms with Gasteiger partial charge in [-0.3, -0.25) is 9.59 Å². The van der Waals surface area contributed by atoms with Crippen LogP contribution < -0.4 is 20.3 Å². The Hall–Kier alpha value is -5.12. The highest BCUT2D eigenvalue weighted by atomic mass is 35.5. The second kappa shape index (κ2) is 13.9. The topological polar surface area (TPSA) is 154 Å². The van der Waals surface area contributed by atoms with E-state index in [-0.39, 0.29) is 40.4 Å². The molecule has 5 rings (SSSR count). The molecule has 2 aromatic heterocycles. The van der Waals surface area contributed by atoms with E-state index < -0.39 is 39.6 Å². The Kier molecular flexibility index (Phi) is 9.93. The summed E-state index contributed by atoms with van der Waals surface area (Å²) in [5.41, 5.74) is 0.343. The Balaban J connectivity index is 1.27. The van der Waals surface area contributed by atoms with Crippen molar-refractivity contribution in [2.45, 2.75) is 24.8 Å². The number of pyridine rings is 2. The van der Waals surface area contributed by atoms with Gasteiger partial charge in [0.15, 0.2) is 11.6 Å². The molecule has 1 aliphatic rings. The molecule has 1 aliphatic heterocycles. The highest BCUT2D eigenvalue weighted by molar-refractivity contribution is 7.89. The van der Waals surface area contributed by atoms with Gasteiger partial charge in [-0.05, 0) is 68.4 Å². The largest absolute Gasteiger partial charge is 0.454 e. The summed E-state index contributed by atoms with van der Waals surface area (Å²) in [7, 11) is -0.796. The third kappa shape index (κ3) is 7.38. The van der Waals surface area contributed by atoms with Crippen LogP contribution in [-0.4, -0.2) is 72.1 Å². The highest BCUT2D eigenvalue weighted by Gasteiger charge is 2.44. The number of carbonyl (C=O) groups is 3. The van der Waals surface area contributed by atoms with Crippen LogP contribution in [0.15, 0.2) is 84.0 Å². The zero-order chi connectivity index (χ0) is 34.7. The lowest BCUT2D eigenvalue weighted by Crippen LogP contribution is -2.61. The summed E-state index contributed by atoms with van der Waals surface area (Å²) >= 11 is 5.97. The standard InChI is InChI=1S/C32H31ClFN7O6S/c1-19(2)40-18-25(31(43)41(32(40)44)22-8-5-20(33)6-9-22)30(42)37-21-7-11-27(26(34)15-21)47-23-13-14-35-29(16-23)38-28-12-10-24(17-36-28)48(45,46)39(3)4/h5-17,19,25H,18H2,1-4H3,(H,37,42)(H,35,36,38). The van der Waals surface area contributed by atoms with Crippen molar-refractivity contribution in [3.05, 3.63) is 90.0 Å². The molecule has 48 heavy (non-hydrogen) atoms. The maximum atomic E-state index is 15.2. The first kappa shape index (κ1) is 34.2. The van der Waals surface area contributed by atoms with Gasteiger partial charge in [0, 0.05) is 61.9 Å². The number of halogens is 2. The lowest BCUT2D eigenvalue weighted by molar-refractivity contribution is -0.132. The van der Waals surface area contributed by atoms with E-state index in [2.05, 4.69) is 20.6 Å². The first-order valence-electron chi connectivity index (χ1n) is 14.5. The molecule has 2 N–H and O–H groups in total. The minimum atomic E-state index is -3.64. The summed E-state index contributed by atoms with van der Waals surface area (Å²) in [5.74, 6) is -2.80. The molecule has 3 heterocycles. The Morgan fingerprint density at radius 2 is 1.75 bits per heavy atom. The van der Waals surface area contributed by atoms with Gasteiger partial charge in [0.1, 0.15) is 28.2 Å². The third-order valence-electron chi connectivity index (χ3n) is 7.29. The third-order valence-corrected chi connectivity index (χ3v) is 9.34. The van der Waals surface area contributed by atoms with Crippen LogP contribution in [0.3, 0.4) is 0 Å². The molecule has 0 bridgehead atoms. The van der Waals surface area contributed by atoms with Gasteiger partial charge >= 0.3 is 6.03 Å². The van der Waals surface area contributed by atoms with E-state index in [1.807, 2.05) is 0 Å². The lowest BCUT2D eigenvalue weighted by atomic mass is 10.0. The first-order chi connectivity index (χ1) is 22.7. The minimum absolute atomic E-state index is 0.0242. The van der Waals surface area contributed by atoms with Gasteiger partial charge in [0.25, 0.3) is 0 Å². The van der Waals surface area contributed by atoms with Crippen molar-refractivity contribution in [2.75, 3.05) is 36.2 Å². The van der Waals surface area contributed by atoms with Crippen molar-refractivity contribution in [3.63, 3.8) is 0 Å². The predicted molar refractivity (Wildman–Crippen MR) is 177 cm³/mol. The average molecular weight is 696 g/mol. The molecule has 4 aromatic rings. The molecule has 1 atom stereocenters. The number of anilines is 4. The number of aromatic nitrogens is 2. The van der Waals surface area contributed by atoms with Crippen LogP contribution in [0.1, 0.15) is 13.8 Å². The summed E-state index contributed by atoms with van der Waals surface area (Å²) < 4.78 is 46.5. The van der Waals surface area contributed by atoms with Crippen LogP contribution in [0.2, 0.25) is 5.02 Å². The van der Waals surface area contributed by atoms with Gasteiger partial charge in [-0.2, -0.15) is 0 Å². The van der Waals surface area contributed by atoms with Gasteiger partial charge in [0.2, 0.25) is 21.8 Å². The summed E-state index contributed by atoms with van der Waals surface area (Å²) in [6, 6.07) is 14.9. The summed E-state index contributed by atoms with van der Waals surface area (Å²) in [6.45, 7) is 3.39. The number of urea groups is 1. The molecule has 1 fully saturated rings. The number of amides is 4. The highest BCUT2D eigenvalue weighted by Crippen LogP contribution is 2.30. The summed E-state index contributed by atoms with van der Waals surface area (Å²) in [6.07, 6.45) is 2.64. The number of imide groups is 1. The first-order valence-corrected chi connectivity index (χ1v) is 16.4. The summed E-state index contributed by atoms with van der Waals surface area (Å²) in [5, 5.41) is 5.93. The molecule has 4 amide bonds. The van der Waals surface area contributed by atoms with E-state index in [1.165, 1.54) is 92.1 Å². The van der Waals surface area contributed by atoms with Gasteiger partial charge in [-0.1, -0.05) is 11.6 Å². The number of rotatable bonds is 10. The van der Waals surface area contributed by atoms with E-state index in [1.54, 1.807) is 13.8 Å². The van der Waals surface area contributed by atoms with Gasteiger partial charge in [0.05, 0.1) is 5.69 Å². The molecular formula is C32H31ClFN7O6S. The van der Waals surface area contributed by atoms with E-state index in [4.69, 9.17) is 16.3 Å². The zero-order valence-electron chi connectivity index (χ0n) is 26.2. The quantitative estimate of drug-likeness (QED) is 0.205. The van der Waals surface area contributed by atoms with Crippen LogP contribution in [0.25, 0.3) is 0 Å². The fourth-order valence-electron chi connectivity index (χ4n) is 4.70. The molecular weight excluding hydrogens is 665 g/mol. The van der Waals surface area contributed by atoms with Gasteiger partial charge in [-0.15, -0.1) is 0 Å². The van der Waals surface area contributed by atoms with E-state index in [0.29, 0.717) is 16.7 Å². The lowest BCUT2D eigenvalue weighted by Gasteiger charge is -2.39. The number of hydrogen-bond donors (Lipinski definition) is 2. The summed E-state index contributed by atoms with van der Waals surface area (Å²) in [4.78, 5) is 50.6. The van der Waals surface area contributed by atoms with E-state index in [0.717, 1.165) is 15.3 Å². The monoisotopic (exact) mass is 695 g/mol. The van der Waals surface area contributed by atoms with Crippen molar-refractivity contribution < 1.29 is 31.9 Å². The second-order valence-corrected chi connectivity index (χ2v) is 13.7. The SMILES string of the molecule is CC(C)N1CC(C(=O)Nc2ccc(Oc3ccnc(Nc4ccc(S(=O)(=O)N(C)C)cn4)c3)c(F)c2)C(=O)N(c2ccc(Cl)cc2)C1=O. The van der Waals surface area contributed by atoms with Crippen LogP contribution in [0.5, 0.6) is 11.5 Å². The number of nitrogens with zero attached hydrogens (tertiary/aromatic N) is 5. The molecule has 0 spiro atoms. The van der Waals surface area contributed by atoms with Crippen LogP contribution in [0.4, 0.5) is 32.2 Å². The molecule has 2 aromatic carbocycles. The number of carbonyl (C=O) groups excluding carboxylic acids is 3. The number of sulfonamides is 1. The van der Waals surface area contributed by atoms with E-state index in [9.17, 15) is 22.8 Å². The number of nitrogens with one attached hydrogen (secondary N) is 2. The average Bonchev–Trinajstić information content (AvgIpc) is 3.03.